The van der Waals surface area contributed by atoms with Crippen molar-refractivity contribution in [1.82, 2.24) is 10.2 Å². The molecule has 1 saturated heterocycles. The van der Waals surface area contributed by atoms with E-state index in [4.69, 9.17) is 17.0 Å². The summed E-state index contributed by atoms with van der Waals surface area (Å²) in [6.45, 7) is 8.71. The number of benzene rings is 1. The Bertz CT molecular complexity index is 453. The van der Waals surface area contributed by atoms with E-state index >= 15 is 0 Å². The Morgan fingerprint density at radius 2 is 1.86 bits per heavy atom. The lowest BCUT2D eigenvalue weighted by Crippen LogP contribution is -2.33. The first kappa shape index (κ1) is 17.2. The molecule has 0 aliphatic carbocycles. The van der Waals surface area contributed by atoms with Crippen LogP contribution in [0.25, 0.3) is 0 Å². The summed E-state index contributed by atoms with van der Waals surface area (Å²) in [7, 11) is 0. The molecule has 0 unspecified atom stereocenters. The van der Waals surface area contributed by atoms with Crippen LogP contribution in [-0.4, -0.2) is 42.2 Å². The molecule has 22 heavy (non-hydrogen) atoms. The number of thiocarbonyl (C=S) groups is 1. The summed E-state index contributed by atoms with van der Waals surface area (Å²) in [6.07, 6.45) is 5.46. The standard InChI is InChI=1S/C18H28N2OS/c1-15(2)21-17-9-7-16(8-10-17)18(22)19-11-6-14-20-12-4-3-5-13-20/h7-10,15H,3-6,11-14H2,1-2H3,(H,19,22). The van der Waals surface area contributed by atoms with Crippen molar-refractivity contribution in [3.05, 3.63) is 29.8 Å². The Kier molecular flexibility index (Phi) is 7.13. The third-order valence-corrected chi connectivity index (χ3v) is 4.25. The third-order valence-electron chi connectivity index (χ3n) is 3.87. The van der Waals surface area contributed by atoms with Crippen LogP contribution >= 0.6 is 12.2 Å². The Hall–Kier alpha value is -1.13. The minimum Gasteiger partial charge on any atom is -0.491 e. The van der Waals surface area contributed by atoms with Crippen LogP contribution in [0.3, 0.4) is 0 Å². The summed E-state index contributed by atoms with van der Waals surface area (Å²) in [5, 5.41) is 3.36. The molecule has 4 heteroatoms. The number of hydrogen-bond donors (Lipinski definition) is 1. The summed E-state index contributed by atoms with van der Waals surface area (Å²) >= 11 is 5.46. The molecule has 1 fully saturated rings. The van der Waals surface area contributed by atoms with Gasteiger partial charge in [-0.05, 0) is 77.0 Å². The molecule has 0 saturated carbocycles. The van der Waals surface area contributed by atoms with Crippen LogP contribution in [0.2, 0.25) is 0 Å². The van der Waals surface area contributed by atoms with Gasteiger partial charge in [-0.25, -0.2) is 0 Å². The first-order valence-corrected chi connectivity index (χ1v) is 8.83. The molecule has 0 bridgehead atoms. The van der Waals surface area contributed by atoms with Crippen molar-refractivity contribution >= 4 is 17.2 Å². The van der Waals surface area contributed by atoms with Crippen molar-refractivity contribution in [2.24, 2.45) is 0 Å². The van der Waals surface area contributed by atoms with Gasteiger partial charge in [0.1, 0.15) is 10.7 Å². The van der Waals surface area contributed by atoms with Crippen molar-refractivity contribution in [3.63, 3.8) is 0 Å². The van der Waals surface area contributed by atoms with Gasteiger partial charge in [-0.15, -0.1) is 0 Å². The molecule has 3 nitrogen and oxygen atoms in total. The number of piperidine rings is 1. The molecular weight excluding hydrogens is 292 g/mol. The number of nitrogens with zero attached hydrogens (tertiary/aromatic N) is 1. The second-order valence-electron chi connectivity index (χ2n) is 6.20. The van der Waals surface area contributed by atoms with E-state index in [1.165, 1.54) is 38.9 Å². The van der Waals surface area contributed by atoms with Crippen molar-refractivity contribution < 1.29 is 4.74 Å². The number of likely N-dealkylation sites (tertiary alicyclic amines) is 1. The molecule has 1 aromatic rings. The molecule has 0 atom stereocenters. The predicted molar refractivity (Wildman–Crippen MR) is 96.8 cm³/mol. The minimum atomic E-state index is 0.200. The Labute approximate surface area is 140 Å². The van der Waals surface area contributed by atoms with Gasteiger partial charge in [-0.2, -0.15) is 0 Å². The first-order valence-electron chi connectivity index (χ1n) is 8.42. The van der Waals surface area contributed by atoms with Crippen LogP contribution in [0.15, 0.2) is 24.3 Å². The summed E-state index contributed by atoms with van der Waals surface area (Å²) in [6, 6.07) is 8.02. The van der Waals surface area contributed by atoms with Crippen LogP contribution in [0, 0.1) is 0 Å². The zero-order valence-corrected chi connectivity index (χ0v) is 14.6. The van der Waals surface area contributed by atoms with Crippen molar-refractivity contribution in [3.8, 4) is 5.75 Å². The van der Waals surface area contributed by atoms with Crippen LogP contribution in [0.5, 0.6) is 5.75 Å². The average Bonchev–Trinajstić information content (AvgIpc) is 2.52. The van der Waals surface area contributed by atoms with Gasteiger partial charge in [-0.1, -0.05) is 18.6 Å². The Balaban J connectivity index is 1.68. The normalized spacial score (nSPS) is 15.8. The second kappa shape index (κ2) is 9.11. The highest BCUT2D eigenvalue weighted by Gasteiger charge is 2.09. The first-order chi connectivity index (χ1) is 10.6. The van der Waals surface area contributed by atoms with Crippen molar-refractivity contribution in [2.45, 2.75) is 45.6 Å². The molecule has 1 N–H and O–H groups in total. The highest BCUT2D eigenvalue weighted by atomic mass is 32.1. The molecule has 2 rings (SSSR count). The summed E-state index contributed by atoms with van der Waals surface area (Å²) in [4.78, 5) is 3.39. The number of nitrogens with one attached hydrogen (secondary N) is 1. The molecule has 0 radical (unpaired) electrons. The predicted octanol–water partition coefficient (Wildman–Crippen LogP) is 3.61. The van der Waals surface area contributed by atoms with Gasteiger partial charge in [0, 0.05) is 12.1 Å². The molecule has 1 aromatic carbocycles. The highest BCUT2D eigenvalue weighted by molar-refractivity contribution is 7.80. The molecule has 1 aliphatic heterocycles. The topological polar surface area (TPSA) is 24.5 Å². The van der Waals surface area contributed by atoms with Crippen molar-refractivity contribution in [1.29, 1.82) is 0 Å². The van der Waals surface area contributed by atoms with Gasteiger partial charge in [0.25, 0.3) is 0 Å². The fourth-order valence-corrected chi connectivity index (χ4v) is 2.98. The molecule has 1 heterocycles. The van der Waals surface area contributed by atoms with E-state index in [0.717, 1.165) is 29.3 Å². The number of hydrogen-bond acceptors (Lipinski definition) is 3. The molecule has 0 amide bonds. The smallest absolute Gasteiger partial charge is 0.119 e. The van der Waals surface area contributed by atoms with E-state index in [1.54, 1.807) is 0 Å². The maximum atomic E-state index is 5.65. The summed E-state index contributed by atoms with van der Waals surface area (Å²) in [5.41, 5.74) is 1.06. The van der Waals surface area contributed by atoms with Gasteiger partial charge in [0.05, 0.1) is 6.10 Å². The Morgan fingerprint density at radius 1 is 1.18 bits per heavy atom. The van der Waals surface area contributed by atoms with Crippen LogP contribution in [0.1, 0.15) is 45.1 Å². The third kappa shape index (κ3) is 5.93. The van der Waals surface area contributed by atoms with Gasteiger partial charge < -0.3 is 15.0 Å². The largest absolute Gasteiger partial charge is 0.491 e. The zero-order valence-electron chi connectivity index (χ0n) is 13.8. The van der Waals surface area contributed by atoms with Gasteiger partial charge in [0.15, 0.2) is 0 Å². The monoisotopic (exact) mass is 320 g/mol. The average molecular weight is 321 g/mol. The molecular formula is C18H28N2OS. The van der Waals surface area contributed by atoms with Crippen LogP contribution in [0.4, 0.5) is 0 Å². The van der Waals surface area contributed by atoms with E-state index in [-0.39, 0.29) is 6.10 Å². The summed E-state index contributed by atoms with van der Waals surface area (Å²) < 4.78 is 5.65. The van der Waals surface area contributed by atoms with Crippen LogP contribution in [-0.2, 0) is 0 Å². The fourth-order valence-electron chi connectivity index (χ4n) is 2.75. The SMILES string of the molecule is CC(C)Oc1ccc(C(=S)NCCCN2CCCCC2)cc1. The van der Waals surface area contributed by atoms with Crippen molar-refractivity contribution in [2.75, 3.05) is 26.2 Å². The number of rotatable bonds is 7. The lowest BCUT2D eigenvalue weighted by molar-refractivity contribution is 0.227. The van der Waals surface area contributed by atoms with Gasteiger partial charge in [0.2, 0.25) is 0 Å². The number of ether oxygens (including phenoxy) is 1. The molecule has 1 aliphatic rings. The quantitative estimate of drug-likeness (QED) is 0.613. The fraction of sp³-hybridized carbons (Fsp3) is 0.611. The maximum Gasteiger partial charge on any atom is 0.119 e. The van der Waals surface area contributed by atoms with E-state index in [2.05, 4.69) is 10.2 Å². The molecule has 122 valence electrons. The minimum absolute atomic E-state index is 0.200. The summed E-state index contributed by atoms with van der Waals surface area (Å²) in [5.74, 6) is 0.895. The second-order valence-corrected chi connectivity index (χ2v) is 6.61. The van der Waals surface area contributed by atoms with E-state index < -0.39 is 0 Å². The zero-order chi connectivity index (χ0) is 15.8. The van der Waals surface area contributed by atoms with Crippen LogP contribution < -0.4 is 10.1 Å². The highest BCUT2D eigenvalue weighted by Crippen LogP contribution is 2.14. The van der Waals surface area contributed by atoms with Gasteiger partial charge in [-0.3, -0.25) is 0 Å². The molecule has 0 spiro atoms. The van der Waals surface area contributed by atoms with Gasteiger partial charge >= 0.3 is 0 Å². The molecule has 0 aromatic heterocycles. The lowest BCUT2D eigenvalue weighted by Gasteiger charge is -2.26. The van der Waals surface area contributed by atoms with E-state index in [0.29, 0.717) is 0 Å². The maximum absolute atomic E-state index is 5.65. The van der Waals surface area contributed by atoms with E-state index in [1.807, 2.05) is 38.1 Å². The Morgan fingerprint density at radius 3 is 2.50 bits per heavy atom. The lowest BCUT2D eigenvalue weighted by atomic mass is 10.1. The van der Waals surface area contributed by atoms with E-state index in [9.17, 15) is 0 Å².